The molecule has 1 amide bonds. The van der Waals surface area contributed by atoms with Crippen molar-refractivity contribution in [3.63, 3.8) is 0 Å². The first-order valence-electron chi connectivity index (χ1n) is 9.75. The van der Waals surface area contributed by atoms with Gasteiger partial charge in [0, 0.05) is 30.6 Å². The van der Waals surface area contributed by atoms with E-state index in [0.717, 1.165) is 25.3 Å². The van der Waals surface area contributed by atoms with Crippen molar-refractivity contribution < 1.29 is 14.1 Å². The second-order valence-electron chi connectivity index (χ2n) is 7.49. The molecule has 158 valence electrons. The lowest BCUT2D eigenvalue weighted by Crippen LogP contribution is -2.44. The second-order valence-corrected chi connectivity index (χ2v) is 8.76. The summed E-state index contributed by atoms with van der Waals surface area (Å²) in [6.07, 6.45) is 0.401. The number of amides is 1. The number of ether oxygens (including phenoxy) is 1. The van der Waals surface area contributed by atoms with E-state index < -0.39 is 0 Å². The number of carbonyl (C=O) groups is 1. The minimum Gasteiger partial charge on any atom is -0.373 e. The van der Waals surface area contributed by atoms with Crippen LogP contribution in [0, 0.1) is 6.92 Å². The Bertz CT molecular complexity index is 1040. The predicted octanol–water partition coefficient (Wildman–Crippen LogP) is 4.62. The van der Waals surface area contributed by atoms with Gasteiger partial charge in [-0.05, 0) is 26.8 Å². The van der Waals surface area contributed by atoms with Crippen molar-refractivity contribution in [1.82, 2.24) is 15.0 Å². The predicted molar refractivity (Wildman–Crippen MR) is 117 cm³/mol. The Balaban J connectivity index is 1.48. The fourth-order valence-electron chi connectivity index (χ4n) is 3.72. The lowest BCUT2D eigenvalue weighted by atomic mass is 10.1. The summed E-state index contributed by atoms with van der Waals surface area (Å²) in [5.74, 6) is 0.105. The van der Waals surface area contributed by atoms with Crippen LogP contribution in [0.1, 0.15) is 35.7 Å². The highest BCUT2D eigenvalue weighted by Crippen LogP contribution is 2.31. The molecule has 2 aromatic heterocycles. The summed E-state index contributed by atoms with van der Waals surface area (Å²) in [7, 11) is 0. The number of morpholine rings is 1. The Morgan fingerprint density at radius 1 is 1.30 bits per heavy atom. The van der Waals surface area contributed by atoms with Crippen molar-refractivity contribution in [2.45, 2.75) is 39.5 Å². The molecule has 1 aromatic carbocycles. The summed E-state index contributed by atoms with van der Waals surface area (Å²) in [4.78, 5) is 19.9. The molecule has 30 heavy (non-hydrogen) atoms. The molecule has 7 nitrogen and oxygen atoms in total. The summed E-state index contributed by atoms with van der Waals surface area (Å²) in [6.45, 7) is 8.31. The lowest BCUT2D eigenvalue weighted by Gasteiger charge is -2.34. The molecular formula is C21H23ClN4O3S. The quantitative estimate of drug-likeness (QED) is 0.615. The summed E-state index contributed by atoms with van der Waals surface area (Å²) in [5, 5.41) is 9.93. The number of anilines is 1. The first kappa shape index (κ1) is 21.0. The number of rotatable bonds is 5. The van der Waals surface area contributed by atoms with Gasteiger partial charge in [0.15, 0.2) is 5.13 Å². The van der Waals surface area contributed by atoms with Crippen molar-refractivity contribution in [2.75, 3.05) is 18.4 Å². The van der Waals surface area contributed by atoms with E-state index in [0.29, 0.717) is 32.7 Å². The largest absolute Gasteiger partial charge is 0.373 e. The SMILES string of the molecule is Cc1onc(-c2ccccc2Cl)c1C(=O)Nc1nc(CN2CC(C)OC(C)C2)cs1. The molecule has 2 unspecified atom stereocenters. The van der Waals surface area contributed by atoms with Gasteiger partial charge < -0.3 is 9.26 Å². The molecule has 2 atom stereocenters. The highest BCUT2D eigenvalue weighted by Gasteiger charge is 2.25. The van der Waals surface area contributed by atoms with Gasteiger partial charge in [-0.25, -0.2) is 4.98 Å². The number of hydrogen-bond acceptors (Lipinski definition) is 7. The van der Waals surface area contributed by atoms with E-state index in [1.54, 1.807) is 13.0 Å². The molecule has 0 aliphatic carbocycles. The van der Waals surface area contributed by atoms with E-state index in [1.807, 2.05) is 23.6 Å². The molecule has 1 saturated heterocycles. The number of hydrogen-bond donors (Lipinski definition) is 1. The molecule has 1 aliphatic heterocycles. The Hall–Kier alpha value is -2.26. The Labute approximate surface area is 184 Å². The van der Waals surface area contributed by atoms with Crippen molar-refractivity contribution in [3.05, 3.63) is 51.7 Å². The third kappa shape index (κ3) is 4.57. The molecule has 1 N–H and O–H groups in total. The summed E-state index contributed by atoms with van der Waals surface area (Å²) < 4.78 is 11.1. The Morgan fingerprint density at radius 2 is 2.03 bits per heavy atom. The monoisotopic (exact) mass is 446 g/mol. The standard InChI is InChI=1S/C21H23ClN4O3S/c1-12-8-26(9-13(2)28-12)10-15-11-30-21(23-15)24-20(27)18-14(3)29-25-19(18)16-6-4-5-7-17(16)22/h4-7,11-13H,8-10H2,1-3H3,(H,23,24,27). The first-order valence-corrected chi connectivity index (χ1v) is 11.0. The van der Waals surface area contributed by atoms with Gasteiger partial charge in [-0.15, -0.1) is 11.3 Å². The maximum Gasteiger partial charge on any atom is 0.263 e. The van der Waals surface area contributed by atoms with Gasteiger partial charge in [-0.3, -0.25) is 15.0 Å². The molecular weight excluding hydrogens is 424 g/mol. The molecule has 3 heterocycles. The molecule has 9 heteroatoms. The van der Waals surface area contributed by atoms with Crippen LogP contribution in [0.4, 0.5) is 5.13 Å². The normalized spacial score (nSPS) is 19.7. The van der Waals surface area contributed by atoms with Crippen LogP contribution < -0.4 is 5.32 Å². The summed E-state index contributed by atoms with van der Waals surface area (Å²) in [6, 6.07) is 7.23. The summed E-state index contributed by atoms with van der Waals surface area (Å²) in [5.41, 5.74) is 2.35. The van der Waals surface area contributed by atoms with E-state index in [4.69, 9.17) is 20.9 Å². The third-order valence-corrected chi connectivity index (χ3v) is 6.01. The number of nitrogens with zero attached hydrogens (tertiary/aromatic N) is 3. The molecule has 4 rings (SSSR count). The van der Waals surface area contributed by atoms with Crippen molar-refractivity contribution in [2.24, 2.45) is 0 Å². The Kier molecular flexibility index (Phi) is 6.19. The van der Waals surface area contributed by atoms with Crippen LogP contribution in [0.25, 0.3) is 11.3 Å². The minimum absolute atomic E-state index is 0.200. The number of halogens is 1. The van der Waals surface area contributed by atoms with E-state index >= 15 is 0 Å². The van der Waals surface area contributed by atoms with Crippen LogP contribution in [-0.4, -0.2) is 46.2 Å². The van der Waals surface area contributed by atoms with Crippen molar-refractivity contribution >= 4 is 34.0 Å². The van der Waals surface area contributed by atoms with Crippen LogP contribution in [0.2, 0.25) is 5.02 Å². The number of nitrogens with one attached hydrogen (secondary N) is 1. The highest BCUT2D eigenvalue weighted by atomic mass is 35.5. The number of aryl methyl sites for hydroxylation is 1. The molecule has 0 radical (unpaired) electrons. The third-order valence-electron chi connectivity index (χ3n) is 4.87. The molecule has 1 fully saturated rings. The van der Waals surface area contributed by atoms with Gasteiger partial charge >= 0.3 is 0 Å². The maximum absolute atomic E-state index is 13.0. The van der Waals surface area contributed by atoms with E-state index in [9.17, 15) is 4.79 Å². The van der Waals surface area contributed by atoms with Gasteiger partial charge in [0.2, 0.25) is 0 Å². The fraction of sp³-hybridized carbons (Fsp3) is 0.381. The number of carbonyl (C=O) groups excluding carboxylic acids is 1. The molecule has 1 aliphatic rings. The van der Waals surface area contributed by atoms with E-state index in [1.165, 1.54) is 11.3 Å². The van der Waals surface area contributed by atoms with Crippen LogP contribution in [0.5, 0.6) is 0 Å². The average molecular weight is 447 g/mol. The van der Waals surface area contributed by atoms with Gasteiger partial charge in [0.25, 0.3) is 5.91 Å². The van der Waals surface area contributed by atoms with Crippen LogP contribution >= 0.6 is 22.9 Å². The second kappa shape index (κ2) is 8.85. The first-order chi connectivity index (χ1) is 14.4. The molecule has 0 saturated carbocycles. The zero-order valence-corrected chi connectivity index (χ0v) is 18.6. The van der Waals surface area contributed by atoms with Gasteiger partial charge in [0.1, 0.15) is 17.0 Å². The van der Waals surface area contributed by atoms with Crippen molar-refractivity contribution in [1.29, 1.82) is 0 Å². The average Bonchev–Trinajstić information content (AvgIpc) is 3.27. The Morgan fingerprint density at radius 3 is 2.77 bits per heavy atom. The van der Waals surface area contributed by atoms with E-state index in [2.05, 4.69) is 34.2 Å². The van der Waals surface area contributed by atoms with Crippen molar-refractivity contribution in [3.8, 4) is 11.3 Å². The molecule has 0 bridgehead atoms. The van der Waals surface area contributed by atoms with Gasteiger partial charge in [-0.2, -0.15) is 0 Å². The van der Waals surface area contributed by atoms with Gasteiger partial charge in [0.05, 0.1) is 22.9 Å². The molecule has 3 aromatic rings. The highest BCUT2D eigenvalue weighted by molar-refractivity contribution is 7.14. The fourth-order valence-corrected chi connectivity index (χ4v) is 4.64. The summed E-state index contributed by atoms with van der Waals surface area (Å²) >= 11 is 7.68. The van der Waals surface area contributed by atoms with Crippen LogP contribution in [0.3, 0.4) is 0 Å². The topological polar surface area (TPSA) is 80.5 Å². The van der Waals surface area contributed by atoms with Crippen LogP contribution in [-0.2, 0) is 11.3 Å². The number of aromatic nitrogens is 2. The maximum atomic E-state index is 13.0. The smallest absolute Gasteiger partial charge is 0.263 e. The minimum atomic E-state index is -0.321. The lowest BCUT2D eigenvalue weighted by molar-refractivity contribution is -0.0707. The van der Waals surface area contributed by atoms with Crippen LogP contribution in [0.15, 0.2) is 34.2 Å². The van der Waals surface area contributed by atoms with Gasteiger partial charge in [-0.1, -0.05) is 35.0 Å². The van der Waals surface area contributed by atoms with E-state index in [-0.39, 0.29) is 18.1 Å². The number of thiazole rings is 1. The zero-order chi connectivity index (χ0) is 21.3. The zero-order valence-electron chi connectivity index (χ0n) is 17.0. The number of benzene rings is 1. The molecule has 0 spiro atoms.